The first-order valence-corrected chi connectivity index (χ1v) is 9.71. The van der Waals surface area contributed by atoms with Gasteiger partial charge in [-0.2, -0.15) is 0 Å². The minimum Gasteiger partial charge on any atom is -0.478 e. The molecule has 2 aromatic carbocycles. The van der Waals surface area contributed by atoms with Crippen molar-refractivity contribution in [1.82, 2.24) is 14.5 Å². The number of hydrogen-bond acceptors (Lipinski definition) is 4. The van der Waals surface area contributed by atoms with Gasteiger partial charge in [-0.1, -0.05) is 47.9 Å². The molecule has 0 aliphatic carbocycles. The van der Waals surface area contributed by atoms with Gasteiger partial charge in [-0.25, -0.2) is 14.8 Å². The van der Waals surface area contributed by atoms with Crippen molar-refractivity contribution in [3.63, 3.8) is 0 Å². The molecule has 6 nitrogen and oxygen atoms in total. The Hall–Kier alpha value is -4.24. The lowest BCUT2D eigenvalue weighted by Crippen LogP contribution is -2.21. The molecule has 0 fully saturated rings. The van der Waals surface area contributed by atoms with Gasteiger partial charge >= 0.3 is 5.97 Å². The van der Waals surface area contributed by atoms with E-state index >= 15 is 0 Å². The summed E-state index contributed by atoms with van der Waals surface area (Å²) in [5.41, 5.74) is 4.16. The van der Waals surface area contributed by atoms with Crippen LogP contribution in [0.3, 0.4) is 0 Å². The molecule has 4 rings (SSSR count). The molecule has 6 heteroatoms. The monoisotopic (exact) mass is 409 g/mol. The summed E-state index contributed by atoms with van der Waals surface area (Å²) in [5.74, 6) is 5.13. The summed E-state index contributed by atoms with van der Waals surface area (Å²) in [6, 6.07) is 16.3. The molecule has 0 unspecified atom stereocenters. The van der Waals surface area contributed by atoms with Crippen molar-refractivity contribution >= 4 is 16.9 Å². The van der Waals surface area contributed by atoms with Crippen LogP contribution in [0.5, 0.6) is 0 Å². The predicted molar refractivity (Wildman–Crippen MR) is 118 cm³/mol. The second kappa shape index (κ2) is 8.64. The van der Waals surface area contributed by atoms with E-state index in [1.165, 1.54) is 28.6 Å². The topological polar surface area (TPSA) is 85.1 Å². The number of rotatable bonds is 4. The number of aromatic carboxylic acids is 1. The van der Waals surface area contributed by atoms with Crippen molar-refractivity contribution < 1.29 is 9.90 Å². The smallest absolute Gasteiger partial charge is 0.335 e. The summed E-state index contributed by atoms with van der Waals surface area (Å²) in [6.45, 7) is 2.33. The van der Waals surface area contributed by atoms with Gasteiger partial charge in [0.15, 0.2) is 0 Å². The van der Waals surface area contributed by atoms with Crippen LogP contribution in [0, 0.1) is 18.8 Å². The molecular formula is C25H19N3O3. The van der Waals surface area contributed by atoms with Crippen molar-refractivity contribution in [3.8, 4) is 11.8 Å². The lowest BCUT2D eigenvalue weighted by Gasteiger charge is -2.07. The van der Waals surface area contributed by atoms with E-state index in [-0.39, 0.29) is 11.1 Å². The minimum absolute atomic E-state index is 0.198. The zero-order valence-corrected chi connectivity index (χ0v) is 16.9. The van der Waals surface area contributed by atoms with Gasteiger partial charge in [0.05, 0.1) is 35.5 Å². The van der Waals surface area contributed by atoms with Gasteiger partial charge in [0.25, 0.3) is 5.56 Å². The summed E-state index contributed by atoms with van der Waals surface area (Å²) in [6.07, 6.45) is 3.63. The number of carboxylic acids is 1. The van der Waals surface area contributed by atoms with Crippen LogP contribution in [0.2, 0.25) is 0 Å². The Balaban J connectivity index is 1.58. The van der Waals surface area contributed by atoms with Gasteiger partial charge in [0, 0.05) is 6.42 Å². The molecule has 0 aliphatic rings. The SMILES string of the molecule is Cc1ccc(CC#Cc2cc3c(=O)n(Cc4ccc(C(=O)O)cc4)cnc3cn2)cc1. The van der Waals surface area contributed by atoms with E-state index in [2.05, 4.69) is 33.9 Å². The first-order chi connectivity index (χ1) is 15.0. The third-order valence-corrected chi connectivity index (χ3v) is 4.89. The number of hydrogen-bond donors (Lipinski definition) is 1. The third-order valence-electron chi connectivity index (χ3n) is 4.89. The Morgan fingerprint density at radius 2 is 1.74 bits per heavy atom. The van der Waals surface area contributed by atoms with E-state index in [0.29, 0.717) is 29.6 Å². The highest BCUT2D eigenvalue weighted by Gasteiger charge is 2.07. The molecule has 0 atom stereocenters. The third kappa shape index (κ3) is 4.68. The molecule has 0 amide bonds. The van der Waals surface area contributed by atoms with Crippen molar-refractivity contribution in [2.45, 2.75) is 19.9 Å². The van der Waals surface area contributed by atoms with Crippen LogP contribution in [0.4, 0.5) is 0 Å². The normalized spacial score (nSPS) is 10.5. The van der Waals surface area contributed by atoms with Crippen molar-refractivity contribution in [2.75, 3.05) is 0 Å². The number of carboxylic acid groups (broad SMARTS) is 1. The van der Waals surface area contributed by atoms with Crippen LogP contribution >= 0.6 is 0 Å². The molecule has 152 valence electrons. The van der Waals surface area contributed by atoms with Crippen LogP contribution < -0.4 is 5.56 Å². The maximum absolute atomic E-state index is 12.9. The fourth-order valence-electron chi connectivity index (χ4n) is 3.13. The van der Waals surface area contributed by atoms with Gasteiger partial charge in [-0.3, -0.25) is 9.36 Å². The average Bonchev–Trinajstić information content (AvgIpc) is 2.78. The highest BCUT2D eigenvalue weighted by atomic mass is 16.4. The van der Waals surface area contributed by atoms with Crippen LogP contribution in [-0.4, -0.2) is 25.6 Å². The summed E-state index contributed by atoms with van der Waals surface area (Å²) in [5, 5.41) is 9.45. The highest BCUT2D eigenvalue weighted by Crippen LogP contribution is 2.09. The summed E-state index contributed by atoms with van der Waals surface area (Å²) < 4.78 is 1.49. The second-order valence-corrected chi connectivity index (χ2v) is 7.23. The largest absolute Gasteiger partial charge is 0.478 e. The molecular weight excluding hydrogens is 390 g/mol. The standard InChI is InChI=1S/C25H19N3O3/c1-17-5-7-18(8-6-17)3-2-4-21-13-22-23(14-26-21)27-16-28(24(22)29)15-19-9-11-20(12-10-19)25(30)31/h5-14,16H,3,15H2,1H3,(H,30,31). The van der Waals surface area contributed by atoms with Crippen molar-refractivity contribution in [3.05, 3.63) is 105 Å². The number of nitrogens with zero attached hydrogens (tertiary/aromatic N) is 3. The average molecular weight is 409 g/mol. The van der Waals surface area contributed by atoms with Crippen LogP contribution in [0.1, 0.15) is 32.7 Å². The summed E-state index contributed by atoms with van der Waals surface area (Å²) >= 11 is 0. The summed E-state index contributed by atoms with van der Waals surface area (Å²) in [7, 11) is 0. The molecule has 1 N–H and O–H groups in total. The van der Waals surface area contributed by atoms with Crippen LogP contribution in [0.15, 0.2) is 71.9 Å². The summed E-state index contributed by atoms with van der Waals surface area (Å²) in [4.78, 5) is 32.5. The number of carbonyl (C=O) groups is 1. The Bertz CT molecular complexity index is 1380. The molecule has 0 radical (unpaired) electrons. The molecule has 0 saturated heterocycles. The molecule has 0 saturated carbocycles. The number of pyridine rings is 1. The Morgan fingerprint density at radius 3 is 2.45 bits per heavy atom. The van der Waals surface area contributed by atoms with Gasteiger partial charge in [-0.15, -0.1) is 0 Å². The van der Waals surface area contributed by atoms with E-state index in [1.54, 1.807) is 24.4 Å². The zero-order valence-electron chi connectivity index (χ0n) is 16.9. The van der Waals surface area contributed by atoms with Crippen molar-refractivity contribution in [1.29, 1.82) is 0 Å². The predicted octanol–water partition coefficient (Wildman–Crippen LogP) is 3.44. The fraction of sp³-hybridized carbons (Fsp3) is 0.120. The molecule has 2 aromatic heterocycles. The first-order valence-electron chi connectivity index (χ1n) is 9.71. The van der Waals surface area contributed by atoms with E-state index in [4.69, 9.17) is 5.11 Å². The molecule has 0 aliphatic heterocycles. The van der Waals surface area contributed by atoms with Gasteiger partial charge in [0.1, 0.15) is 5.69 Å². The lowest BCUT2D eigenvalue weighted by atomic mass is 10.1. The molecule has 0 bridgehead atoms. The van der Waals surface area contributed by atoms with Gasteiger partial charge in [0.2, 0.25) is 0 Å². The van der Waals surface area contributed by atoms with E-state index in [1.807, 2.05) is 19.1 Å². The Labute approximate surface area is 178 Å². The van der Waals surface area contributed by atoms with Gasteiger partial charge in [-0.05, 0) is 42.2 Å². The second-order valence-electron chi connectivity index (χ2n) is 7.23. The van der Waals surface area contributed by atoms with E-state index < -0.39 is 5.97 Å². The van der Waals surface area contributed by atoms with E-state index in [9.17, 15) is 9.59 Å². The fourth-order valence-corrected chi connectivity index (χ4v) is 3.13. The number of aryl methyl sites for hydroxylation is 1. The van der Waals surface area contributed by atoms with Crippen LogP contribution in [0.25, 0.3) is 10.9 Å². The maximum atomic E-state index is 12.9. The zero-order chi connectivity index (χ0) is 21.8. The maximum Gasteiger partial charge on any atom is 0.335 e. The number of fused-ring (bicyclic) bond motifs is 1. The number of benzene rings is 2. The minimum atomic E-state index is -0.986. The molecule has 31 heavy (non-hydrogen) atoms. The van der Waals surface area contributed by atoms with E-state index in [0.717, 1.165) is 11.1 Å². The molecule has 2 heterocycles. The van der Waals surface area contributed by atoms with Crippen molar-refractivity contribution in [2.24, 2.45) is 0 Å². The van der Waals surface area contributed by atoms with Crippen LogP contribution in [-0.2, 0) is 13.0 Å². The molecule has 4 aromatic rings. The van der Waals surface area contributed by atoms with Gasteiger partial charge < -0.3 is 5.11 Å². The highest BCUT2D eigenvalue weighted by molar-refractivity contribution is 5.87. The molecule has 0 spiro atoms. The lowest BCUT2D eigenvalue weighted by molar-refractivity contribution is 0.0697. The Morgan fingerprint density at radius 1 is 1.03 bits per heavy atom. The Kier molecular flexibility index (Phi) is 5.59. The first kappa shape index (κ1) is 20.0. The number of aromatic nitrogens is 3. The quantitative estimate of drug-likeness (QED) is 0.522.